The van der Waals surface area contributed by atoms with Crippen LogP contribution < -0.4 is 5.73 Å². The second kappa shape index (κ2) is 5.05. The highest BCUT2D eigenvalue weighted by molar-refractivity contribution is 4.94. The number of nitrogens with two attached hydrogens (primary N) is 1. The van der Waals surface area contributed by atoms with Gasteiger partial charge in [-0.1, -0.05) is 20.3 Å². The first kappa shape index (κ1) is 12.4. The molecule has 2 N–H and O–H groups in total. The lowest BCUT2D eigenvalue weighted by molar-refractivity contribution is 0.0273. The molecule has 0 aromatic carbocycles. The van der Waals surface area contributed by atoms with Crippen LogP contribution in [0, 0.1) is 11.8 Å². The van der Waals surface area contributed by atoms with E-state index >= 15 is 0 Å². The van der Waals surface area contributed by atoms with E-state index in [-0.39, 0.29) is 0 Å². The van der Waals surface area contributed by atoms with Gasteiger partial charge >= 0.3 is 0 Å². The van der Waals surface area contributed by atoms with Crippen LogP contribution in [0.1, 0.15) is 52.9 Å². The molecule has 0 aromatic heterocycles. The lowest BCUT2D eigenvalue weighted by Gasteiger charge is -2.48. The molecule has 1 aliphatic carbocycles. The molecule has 2 heteroatoms. The van der Waals surface area contributed by atoms with Crippen LogP contribution in [-0.2, 0) is 0 Å². The quantitative estimate of drug-likeness (QED) is 0.742. The minimum absolute atomic E-state index is 0.402. The van der Waals surface area contributed by atoms with Crippen LogP contribution in [-0.4, -0.2) is 29.6 Å². The summed E-state index contributed by atoms with van der Waals surface area (Å²) in [5.74, 6) is 1.60. The Morgan fingerprint density at radius 2 is 1.81 bits per heavy atom. The zero-order valence-electron chi connectivity index (χ0n) is 11.2. The van der Waals surface area contributed by atoms with Gasteiger partial charge in [0.25, 0.3) is 0 Å². The van der Waals surface area contributed by atoms with E-state index in [0.717, 1.165) is 17.9 Å². The van der Waals surface area contributed by atoms with Crippen molar-refractivity contribution in [2.75, 3.05) is 6.54 Å². The Morgan fingerprint density at radius 1 is 1.06 bits per heavy atom. The number of hydrogen-bond donors (Lipinski definition) is 1. The average Bonchev–Trinajstić information content (AvgIpc) is 2.19. The van der Waals surface area contributed by atoms with Gasteiger partial charge in [0.1, 0.15) is 0 Å². The lowest BCUT2D eigenvalue weighted by atomic mass is 9.75. The monoisotopic (exact) mass is 224 g/mol. The molecular weight excluding hydrogens is 196 g/mol. The molecule has 94 valence electrons. The molecule has 2 fully saturated rings. The fourth-order valence-corrected chi connectivity index (χ4v) is 4.03. The van der Waals surface area contributed by atoms with E-state index in [1.54, 1.807) is 0 Å². The van der Waals surface area contributed by atoms with Crippen LogP contribution in [0.5, 0.6) is 0 Å². The van der Waals surface area contributed by atoms with Gasteiger partial charge in [0.05, 0.1) is 0 Å². The van der Waals surface area contributed by atoms with Gasteiger partial charge in [-0.2, -0.15) is 0 Å². The Balaban J connectivity index is 2.05. The van der Waals surface area contributed by atoms with Crippen LogP contribution in [0.25, 0.3) is 0 Å². The predicted molar refractivity (Wildman–Crippen MR) is 69.3 cm³/mol. The van der Waals surface area contributed by atoms with Gasteiger partial charge in [-0.15, -0.1) is 0 Å². The number of nitrogens with zero attached hydrogens (tertiary/aromatic N) is 1. The number of hydrogen-bond acceptors (Lipinski definition) is 2. The van der Waals surface area contributed by atoms with Crippen LogP contribution in [0.4, 0.5) is 0 Å². The van der Waals surface area contributed by atoms with E-state index in [2.05, 4.69) is 25.7 Å². The Labute approximate surface area is 101 Å². The van der Waals surface area contributed by atoms with Crippen LogP contribution >= 0.6 is 0 Å². The first-order valence-corrected chi connectivity index (χ1v) is 7.11. The predicted octanol–water partition coefficient (Wildman–Crippen LogP) is 2.62. The minimum atomic E-state index is 0.402. The van der Waals surface area contributed by atoms with Gasteiger partial charge in [0, 0.05) is 18.1 Å². The van der Waals surface area contributed by atoms with Gasteiger partial charge in [0.15, 0.2) is 0 Å². The molecule has 16 heavy (non-hydrogen) atoms. The van der Waals surface area contributed by atoms with Crippen molar-refractivity contribution in [3.63, 3.8) is 0 Å². The zero-order chi connectivity index (χ0) is 11.7. The molecule has 5 unspecified atom stereocenters. The molecule has 2 nitrogen and oxygen atoms in total. The van der Waals surface area contributed by atoms with E-state index in [9.17, 15) is 0 Å². The SMILES string of the molecule is CC1CC(C)C(N2CCCCC2C)C(N)C1. The largest absolute Gasteiger partial charge is 0.326 e. The molecule has 0 aromatic rings. The Bertz CT molecular complexity index is 217. The summed E-state index contributed by atoms with van der Waals surface area (Å²) >= 11 is 0. The first-order valence-electron chi connectivity index (χ1n) is 7.11. The van der Waals surface area contributed by atoms with Gasteiger partial charge in [-0.3, -0.25) is 4.90 Å². The van der Waals surface area contributed by atoms with Crippen LogP contribution in [0.15, 0.2) is 0 Å². The van der Waals surface area contributed by atoms with Crippen molar-refractivity contribution < 1.29 is 0 Å². The van der Waals surface area contributed by atoms with Crippen molar-refractivity contribution in [3.05, 3.63) is 0 Å². The van der Waals surface area contributed by atoms with Gasteiger partial charge in [0.2, 0.25) is 0 Å². The second-order valence-electron chi connectivity index (χ2n) is 6.29. The first-order chi connectivity index (χ1) is 7.59. The van der Waals surface area contributed by atoms with Crippen molar-refractivity contribution >= 4 is 0 Å². The van der Waals surface area contributed by atoms with Crippen molar-refractivity contribution in [2.45, 2.75) is 71.0 Å². The van der Waals surface area contributed by atoms with E-state index in [0.29, 0.717) is 12.1 Å². The third-order valence-electron chi connectivity index (χ3n) is 4.71. The number of piperidine rings is 1. The number of likely N-dealkylation sites (tertiary alicyclic amines) is 1. The standard InChI is InChI=1S/C14H28N2/c1-10-8-11(2)14(13(15)9-10)16-7-5-4-6-12(16)3/h10-14H,4-9,15H2,1-3H3. The van der Waals surface area contributed by atoms with Crippen molar-refractivity contribution in [3.8, 4) is 0 Å². The minimum Gasteiger partial charge on any atom is -0.326 e. The third-order valence-corrected chi connectivity index (χ3v) is 4.71. The lowest BCUT2D eigenvalue weighted by Crippen LogP contribution is -2.58. The second-order valence-corrected chi connectivity index (χ2v) is 6.29. The van der Waals surface area contributed by atoms with Crippen LogP contribution in [0.3, 0.4) is 0 Å². The molecule has 0 amide bonds. The van der Waals surface area contributed by atoms with Crippen molar-refractivity contribution in [1.82, 2.24) is 4.90 Å². The summed E-state index contributed by atoms with van der Waals surface area (Å²) in [6.07, 6.45) is 6.73. The number of rotatable bonds is 1. The summed E-state index contributed by atoms with van der Waals surface area (Å²) in [5.41, 5.74) is 6.41. The molecule has 5 atom stereocenters. The van der Waals surface area contributed by atoms with E-state index in [1.807, 2.05) is 0 Å². The van der Waals surface area contributed by atoms with Gasteiger partial charge in [-0.05, 0) is 51.0 Å². The summed E-state index contributed by atoms with van der Waals surface area (Å²) < 4.78 is 0. The Kier molecular flexibility index (Phi) is 3.91. The van der Waals surface area contributed by atoms with Crippen molar-refractivity contribution in [2.24, 2.45) is 17.6 Å². The van der Waals surface area contributed by atoms with Crippen molar-refractivity contribution in [1.29, 1.82) is 0 Å². The molecule has 0 spiro atoms. The molecule has 0 bridgehead atoms. The Hall–Kier alpha value is -0.0800. The third kappa shape index (κ3) is 2.43. The molecule has 2 aliphatic rings. The summed E-state index contributed by atoms with van der Waals surface area (Å²) in [4.78, 5) is 2.71. The average molecular weight is 224 g/mol. The normalized spacial score (nSPS) is 46.9. The molecule has 2 rings (SSSR count). The highest BCUT2D eigenvalue weighted by atomic mass is 15.2. The maximum Gasteiger partial charge on any atom is 0.0275 e. The topological polar surface area (TPSA) is 29.3 Å². The Morgan fingerprint density at radius 3 is 2.44 bits per heavy atom. The zero-order valence-corrected chi connectivity index (χ0v) is 11.2. The van der Waals surface area contributed by atoms with Crippen LogP contribution in [0.2, 0.25) is 0 Å². The summed E-state index contributed by atoms with van der Waals surface area (Å²) in [6, 6.07) is 1.80. The highest BCUT2D eigenvalue weighted by Gasteiger charge is 2.38. The molecule has 1 saturated heterocycles. The molecule has 1 saturated carbocycles. The van der Waals surface area contributed by atoms with Gasteiger partial charge in [-0.25, -0.2) is 0 Å². The maximum atomic E-state index is 6.41. The fraction of sp³-hybridized carbons (Fsp3) is 1.00. The molecule has 0 radical (unpaired) electrons. The van der Waals surface area contributed by atoms with Gasteiger partial charge < -0.3 is 5.73 Å². The fourth-order valence-electron chi connectivity index (χ4n) is 4.03. The summed E-state index contributed by atoms with van der Waals surface area (Å²) in [5, 5.41) is 0. The van der Waals surface area contributed by atoms with E-state index in [4.69, 9.17) is 5.73 Å². The summed E-state index contributed by atoms with van der Waals surface area (Å²) in [6.45, 7) is 8.42. The molecular formula is C14H28N2. The van der Waals surface area contributed by atoms with E-state index in [1.165, 1.54) is 38.6 Å². The molecule has 1 heterocycles. The maximum absolute atomic E-state index is 6.41. The summed E-state index contributed by atoms with van der Waals surface area (Å²) in [7, 11) is 0. The molecule has 1 aliphatic heterocycles. The highest BCUT2D eigenvalue weighted by Crippen LogP contribution is 2.34. The smallest absolute Gasteiger partial charge is 0.0275 e. The van der Waals surface area contributed by atoms with E-state index < -0.39 is 0 Å².